The molecule has 0 atom stereocenters. The maximum Gasteiger partial charge on any atom is 0.471 e. The van der Waals surface area contributed by atoms with Crippen molar-refractivity contribution >= 4 is 27.7 Å². The number of hydrogen-bond donors (Lipinski definition) is 1. The lowest BCUT2D eigenvalue weighted by Gasteiger charge is -2.32. The van der Waals surface area contributed by atoms with E-state index in [9.17, 15) is 22.8 Å². The fraction of sp³-hybridized carbons (Fsp3) is 0.467. The van der Waals surface area contributed by atoms with Crippen molar-refractivity contribution in [2.75, 3.05) is 19.6 Å². The zero-order chi connectivity index (χ0) is 17.0. The Balaban J connectivity index is 1.79. The molecule has 1 aromatic carbocycles. The zero-order valence-electron chi connectivity index (χ0n) is 12.2. The standard InChI is InChI=1S/C15H16BrF3N2O2/c16-12-3-1-2-11(8-12)13(22)20-9-10-4-6-21(7-5-10)14(23)15(17,18)19/h1-3,8,10H,4-7,9H2,(H,20,22). The minimum atomic E-state index is -4.82. The molecule has 1 heterocycles. The number of nitrogens with one attached hydrogen (secondary N) is 1. The third kappa shape index (κ3) is 4.95. The van der Waals surface area contributed by atoms with Gasteiger partial charge >= 0.3 is 12.1 Å². The number of rotatable bonds is 3. The Morgan fingerprint density at radius 1 is 1.26 bits per heavy atom. The van der Waals surface area contributed by atoms with E-state index in [0.717, 1.165) is 9.37 Å². The van der Waals surface area contributed by atoms with Gasteiger partial charge in [0.1, 0.15) is 0 Å². The van der Waals surface area contributed by atoms with Gasteiger partial charge in [-0.2, -0.15) is 13.2 Å². The lowest BCUT2D eigenvalue weighted by atomic mass is 9.96. The second-order valence-corrected chi connectivity index (χ2v) is 6.37. The molecule has 0 spiro atoms. The van der Waals surface area contributed by atoms with Gasteiger partial charge in [0.2, 0.25) is 0 Å². The van der Waals surface area contributed by atoms with Crippen LogP contribution in [0.15, 0.2) is 28.7 Å². The summed E-state index contributed by atoms with van der Waals surface area (Å²) in [5.74, 6) is -1.93. The Kier molecular flexibility index (Phi) is 5.67. The molecule has 0 unspecified atom stereocenters. The highest BCUT2D eigenvalue weighted by Crippen LogP contribution is 2.23. The fourth-order valence-corrected chi connectivity index (χ4v) is 2.89. The molecule has 126 valence electrons. The number of benzene rings is 1. The molecule has 1 aliphatic rings. The second-order valence-electron chi connectivity index (χ2n) is 5.45. The third-order valence-electron chi connectivity index (χ3n) is 3.78. The molecule has 1 aromatic rings. The van der Waals surface area contributed by atoms with E-state index in [1.807, 2.05) is 6.07 Å². The van der Waals surface area contributed by atoms with Crippen LogP contribution in [0, 0.1) is 5.92 Å². The molecule has 2 amide bonds. The number of likely N-dealkylation sites (tertiary alicyclic amines) is 1. The average molecular weight is 393 g/mol. The maximum absolute atomic E-state index is 12.4. The number of nitrogens with zero attached hydrogens (tertiary/aromatic N) is 1. The third-order valence-corrected chi connectivity index (χ3v) is 4.28. The van der Waals surface area contributed by atoms with Crippen molar-refractivity contribution in [3.05, 3.63) is 34.3 Å². The Hall–Kier alpha value is -1.57. The predicted octanol–water partition coefficient (Wildman–Crippen LogP) is 2.98. The first kappa shape index (κ1) is 17.8. The molecule has 1 fully saturated rings. The van der Waals surface area contributed by atoms with E-state index in [0.29, 0.717) is 24.9 Å². The first-order valence-corrected chi connectivity index (χ1v) is 7.96. The van der Waals surface area contributed by atoms with E-state index >= 15 is 0 Å². The van der Waals surface area contributed by atoms with Crippen LogP contribution >= 0.6 is 15.9 Å². The summed E-state index contributed by atoms with van der Waals surface area (Å²) in [6.07, 6.45) is -3.93. The highest BCUT2D eigenvalue weighted by atomic mass is 79.9. The molecular weight excluding hydrogens is 377 g/mol. The molecule has 1 aliphatic heterocycles. The van der Waals surface area contributed by atoms with E-state index in [-0.39, 0.29) is 24.9 Å². The van der Waals surface area contributed by atoms with E-state index < -0.39 is 12.1 Å². The molecule has 0 saturated carbocycles. The number of carbonyl (C=O) groups is 2. The molecule has 0 aliphatic carbocycles. The van der Waals surface area contributed by atoms with Crippen LogP contribution in [-0.4, -0.2) is 42.5 Å². The highest BCUT2D eigenvalue weighted by molar-refractivity contribution is 9.10. The summed E-state index contributed by atoms with van der Waals surface area (Å²) in [6, 6.07) is 6.94. The number of piperidine rings is 1. The summed E-state index contributed by atoms with van der Waals surface area (Å²) in [4.78, 5) is 24.0. The fourth-order valence-electron chi connectivity index (χ4n) is 2.49. The molecule has 23 heavy (non-hydrogen) atoms. The zero-order valence-corrected chi connectivity index (χ0v) is 13.8. The topological polar surface area (TPSA) is 49.4 Å². The number of carbonyl (C=O) groups excluding carboxylic acids is 2. The van der Waals surface area contributed by atoms with Crippen LogP contribution in [0.3, 0.4) is 0 Å². The van der Waals surface area contributed by atoms with Gasteiger partial charge in [-0.15, -0.1) is 0 Å². The molecular formula is C15H16BrF3N2O2. The number of hydrogen-bond acceptors (Lipinski definition) is 2. The molecule has 4 nitrogen and oxygen atoms in total. The Morgan fingerprint density at radius 2 is 1.91 bits per heavy atom. The maximum atomic E-state index is 12.4. The summed E-state index contributed by atoms with van der Waals surface area (Å²) in [5, 5.41) is 2.78. The van der Waals surface area contributed by atoms with Crippen LogP contribution in [0.5, 0.6) is 0 Å². The largest absolute Gasteiger partial charge is 0.471 e. The van der Waals surface area contributed by atoms with Crippen molar-refractivity contribution < 1.29 is 22.8 Å². The number of alkyl halides is 3. The van der Waals surface area contributed by atoms with Crippen LogP contribution in [0.2, 0.25) is 0 Å². The van der Waals surface area contributed by atoms with Gasteiger partial charge in [-0.25, -0.2) is 0 Å². The van der Waals surface area contributed by atoms with Crippen LogP contribution in [0.4, 0.5) is 13.2 Å². The van der Waals surface area contributed by atoms with Gasteiger partial charge in [-0.05, 0) is 37.0 Å². The quantitative estimate of drug-likeness (QED) is 0.859. The van der Waals surface area contributed by atoms with Crippen molar-refractivity contribution in [3.8, 4) is 0 Å². The van der Waals surface area contributed by atoms with Crippen molar-refractivity contribution in [1.29, 1.82) is 0 Å². The van der Waals surface area contributed by atoms with Gasteiger partial charge in [0.05, 0.1) is 0 Å². The minimum absolute atomic E-state index is 0.0652. The van der Waals surface area contributed by atoms with Gasteiger partial charge in [-0.1, -0.05) is 22.0 Å². The van der Waals surface area contributed by atoms with Crippen molar-refractivity contribution in [3.63, 3.8) is 0 Å². The first-order chi connectivity index (χ1) is 10.8. The average Bonchev–Trinajstić information content (AvgIpc) is 2.51. The summed E-state index contributed by atoms with van der Waals surface area (Å²) >= 11 is 3.28. The summed E-state index contributed by atoms with van der Waals surface area (Å²) in [5.41, 5.74) is 0.518. The van der Waals surface area contributed by atoms with Crippen molar-refractivity contribution in [1.82, 2.24) is 10.2 Å². The van der Waals surface area contributed by atoms with Gasteiger partial charge < -0.3 is 10.2 Å². The Bertz CT molecular complexity index is 584. The van der Waals surface area contributed by atoms with E-state index in [2.05, 4.69) is 21.2 Å². The summed E-state index contributed by atoms with van der Waals surface area (Å²) in [6.45, 7) is 0.519. The molecule has 2 rings (SSSR count). The Morgan fingerprint density at radius 3 is 2.48 bits per heavy atom. The molecule has 0 radical (unpaired) electrons. The molecule has 0 aromatic heterocycles. The van der Waals surface area contributed by atoms with Gasteiger partial charge in [0.15, 0.2) is 0 Å². The Labute approximate surface area is 140 Å². The van der Waals surface area contributed by atoms with Gasteiger partial charge in [0, 0.05) is 29.7 Å². The first-order valence-electron chi connectivity index (χ1n) is 7.17. The van der Waals surface area contributed by atoms with E-state index in [1.165, 1.54) is 0 Å². The lowest BCUT2D eigenvalue weighted by Crippen LogP contribution is -2.46. The summed E-state index contributed by atoms with van der Waals surface area (Å²) in [7, 11) is 0. The normalized spacial score (nSPS) is 16.3. The second kappa shape index (κ2) is 7.33. The molecule has 8 heteroatoms. The van der Waals surface area contributed by atoms with Crippen molar-refractivity contribution in [2.24, 2.45) is 5.92 Å². The monoisotopic (exact) mass is 392 g/mol. The van der Waals surface area contributed by atoms with Crippen LogP contribution in [0.1, 0.15) is 23.2 Å². The summed E-state index contributed by atoms with van der Waals surface area (Å²) < 4.78 is 37.9. The number of amides is 2. The molecule has 1 N–H and O–H groups in total. The molecule has 0 bridgehead atoms. The minimum Gasteiger partial charge on any atom is -0.352 e. The van der Waals surface area contributed by atoms with Crippen LogP contribution in [0.25, 0.3) is 0 Å². The molecule has 1 saturated heterocycles. The number of halogens is 4. The van der Waals surface area contributed by atoms with E-state index in [4.69, 9.17) is 0 Å². The highest BCUT2D eigenvalue weighted by Gasteiger charge is 2.43. The van der Waals surface area contributed by atoms with Crippen LogP contribution < -0.4 is 5.32 Å². The van der Waals surface area contributed by atoms with Gasteiger partial charge in [0.25, 0.3) is 5.91 Å². The van der Waals surface area contributed by atoms with E-state index in [1.54, 1.807) is 18.2 Å². The lowest BCUT2D eigenvalue weighted by molar-refractivity contribution is -0.186. The van der Waals surface area contributed by atoms with Gasteiger partial charge in [-0.3, -0.25) is 9.59 Å². The SMILES string of the molecule is O=C(NCC1CCN(C(=O)C(F)(F)F)CC1)c1cccc(Br)c1. The van der Waals surface area contributed by atoms with Crippen molar-refractivity contribution in [2.45, 2.75) is 19.0 Å². The van der Waals surface area contributed by atoms with Crippen LogP contribution in [-0.2, 0) is 4.79 Å². The predicted molar refractivity (Wildman–Crippen MR) is 81.8 cm³/mol. The smallest absolute Gasteiger partial charge is 0.352 e.